The van der Waals surface area contributed by atoms with Crippen molar-refractivity contribution in [3.8, 4) is 0 Å². The molecule has 3 nitrogen and oxygen atoms in total. The summed E-state index contributed by atoms with van der Waals surface area (Å²) >= 11 is 0. The van der Waals surface area contributed by atoms with Crippen LogP contribution in [0.3, 0.4) is 0 Å². The quantitative estimate of drug-likeness (QED) is 0.488. The van der Waals surface area contributed by atoms with Gasteiger partial charge in [-0.1, -0.05) is 13.8 Å². The van der Waals surface area contributed by atoms with Gasteiger partial charge in [0, 0.05) is 10.8 Å². The Morgan fingerprint density at radius 2 is 2.08 bits per heavy atom. The van der Waals surface area contributed by atoms with E-state index in [1.165, 1.54) is 12.1 Å². The summed E-state index contributed by atoms with van der Waals surface area (Å²) in [6.07, 6.45) is 0.961. The number of aromatic nitrogens is 1. The average molecular weight is 173 g/mol. The molecule has 0 aromatic carbocycles. The van der Waals surface area contributed by atoms with Gasteiger partial charge in [0.05, 0.1) is 6.54 Å². The lowest BCUT2D eigenvalue weighted by Gasteiger charge is -1.90. The molecule has 0 atom stereocenters. The third-order valence-electron chi connectivity index (χ3n) is 1.18. The number of hydrogen-bond donors (Lipinski definition) is 2. The summed E-state index contributed by atoms with van der Waals surface area (Å²) in [6.45, 7) is 4.19. The number of rotatable bonds is 1. The highest BCUT2D eigenvalue weighted by molar-refractivity contribution is 4.97. The fourth-order valence-electron chi connectivity index (χ4n) is 0.657. The van der Waals surface area contributed by atoms with Crippen molar-refractivity contribution in [3.63, 3.8) is 0 Å². The Hall–Kier alpha value is -1.16. The minimum atomic E-state index is -0.486. The molecule has 0 amide bonds. The van der Waals surface area contributed by atoms with Crippen LogP contribution in [-0.4, -0.2) is 5.21 Å². The van der Waals surface area contributed by atoms with Crippen molar-refractivity contribution < 1.29 is 14.3 Å². The Bertz CT molecular complexity index is 240. The van der Waals surface area contributed by atoms with Gasteiger partial charge in [0.15, 0.2) is 5.82 Å². The van der Waals surface area contributed by atoms with E-state index in [0.717, 1.165) is 6.20 Å². The summed E-state index contributed by atoms with van der Waals surface area (Å²) in [7, 11) is 0. The lowest BCUT2D eigenvalue weighted by Crippen LogP contribution is -2.36. The summed E-state index contributed by atoms with van der Waals surface area (Å²) < 4.78 is 12.9. The van der Waals surface area contributed by atoms with Crippen LogP contribution >= 0.6 is 0 Å². The van der Waals surface area contributed by atoms with Crippen LogP contribution in [0.4, 0.5) is 4.39 Å². The van der Waals surface area contributed by atoms with Gasteiger partial charge in [0.1, 0.15) is 0 Å². The SMILES string of the molecule is CC.NCc1ccc(F)c[n+]1O. The fourth-order valence-corrected chi connectivity index (χ4v) is 0.657. The first kappa shape index (κ1) is 10.8. The molecule has 0 aliphatic heterocycles. The number of hydrogen-bond acceptors (Lipinski definition) is 2. The van der Waals surface area contributed by atoms with E-state index >= 15 is 0 Å². The van der Waals surface area contributed by atoms with Gasteiger partial charge < -0.3 is 5.73 Å². The van der Waals surface area contributed by atoms with Gasteiger partial charge in [-0.3, -0.25) is 5.21 Å². The molecule has 0 unspecified atom stereocenters. The molecule has 1 heterocycles. The predicted molar refractivity (Wildman–Crippen MR) is 43.0 cm³/mol. The summed E-state index contributed by atoms with van der Waals surface area (Å²) in [5.74, 6) is -0.486. The molecule has 0 saturated carbocycles. The Labute approximate surface area is 71.2 Å². The van der Waals surface area contributed by atoms with E-state index in [-0.39, 0.29) is 6.54 Å². The van der Waals surface area contributed by atoms with Crippen LogP contribution in [0.25, 0.3) is 0 Å². The normalized spacial score (nSPS) is 8.67. The topological polar surface area (TPSA) is 50.1 Å². The molecule has 0 fully saturated rings. The molecular weight excluding hydrogens is 159 g/mol. The van der Waals surface area contributed by atoms with Gasteiger partial charge >= 0.3 is 0 Å². The summed E-state index contributed by atoms with van der Waals surface area (Å²) in [5.41, 5.74) is 5.67. The minimum Gasteiger partial charge on any atom is -0.321 e. The van der Waals surface area contributed by atoms with Crippen LogP contribution in [0.2, 0.25) is 0 Å². The molecule has 0 radical (unpaired) electrons. The fraction of sp³-hybridized carbons (Fsp3) is 0.375. The third-order valence-corrected chi connectivity index (χ3v) is 1.18. The lowest BCUT2D eigenvalue weighted by atomic mass is 10.3. The van der Waals surface area contributed by atoms with Gasteiger partial charge in [0.25, 0.3) is 6.20 Å². The first-order valence-corrected chi connectivity index (χ1v) is 3.83. The summed E-state index contributed by atoms with van der Waals surface area (Å²) in [6, 6.07) is 2.67. The van der Waals surface area contributed by atoms with E-state index in [2.05, 4.69) is 0 Å². The van der Waals surface area contributed by atoms with E-state index in [9.17, 15) is 4.39 Å². The summed E-state index contributed by atoms with van der Waals surface area (Å²) in [5, 5.41) is 8.89. The van der Waals surface area contributed by atoms with Gasteiger partial charge in [-0.15, -0.1) is 0 Å². The monoisotopic (exact) mass is 173 g/mol. The van der Waals surface area contributed by atoms with E-state index < -0.39 is 5.82 Å². The third kappa shape index (κ3) is 2.84. The second-order valence-electron chi connectivity index (χ2n) is 1.89. The van der Waals surface area contributed by atoms with Crippen LogP contribution in [0, 0.1) is 5.82 Å². The number of halogens is 1. The second-order valence-corrected chi connectivity index (χ2v) is 1.89. The molecule has 0 spiro atoms. The standard InChI is InChI=1S/C6H8FN2O.C2H6/c7-5-1-2-6(3-8)9(10)4-5;1-2/h1-2,4,10H,3,8H2;1-2H3/q+1;. The molecule has 1 aromatic rings. The van der Waals surface area contributed by atoms with Crippen molar-refractivity contribution in [2.75, 3.05) is 0 Å². The van der Waals surface area contributed by atoms with E-state index in [1.54, 1.807) is 0 Å². The Kier molecular flexibility index (Phi) is 4.96. The zero-order chi connectivity index (χ0) is 9.56. The van der Waals surface area contributed by atoms with Crippen LogP contribution < -0.4 is 10.5 Å². The van der Waals surface area contributed by atoms with Gasteiger partial charge in [-0.2, -0.15) is 0 Å². The van der Waals surface area contributed by atoms with Gasteiger partial charge in [-0.25, -0.2) is 4.39 Å². The van der Waals surface area contributed by atoms with Crippen LogP contribution in [0.1, 0.15) is 19.5 Å². The molecule has 0 bridgehead atoms. The molecule has 3 N–H and O–H groups in total. The van der Waals surface area contributed by atoms with Crippen LogP contribution in [0.5, 0.6) is 0 Å². The molecule has 1 rings (SSSR count). The molecule has 0 aliphatic carbocycles. The van der Waals surface area contributed by atoms with Crippen molar-refractivity contribution in [2.24, 2.45) is 5.73 Å². The van der Waals surface area contributed by atoms with Crippen LogP contribution in [0.15, 0.2) is 18.3 Å². The van der Waals surface area contributed by atoms with Gasteiger partial charge in [-0.05, 0) is 6.07 Å². The minimum absolute atomic E-state index is 0.191. The maximum Gasteiger partial charge on any atom is 0.258 e. The van der Waals surface area contributed by atoms with Crippen molar-refractivity contribution in [2.45, 2.75) is 20.4 Å². The van der Waals surface area contributed by atoms with Crippen LogP contribution in [-0.2, 0) is 6.54 Å². The zero-order valence-corrected chi connectivity index (χ0v) is 7.29. The second kappa shape index (κ2) is 5.49. The Balaban J connectivity index is 0.000000561. The van der Waals surface area contributed by atoms with Crippen molar-refractivity contribution >= 4 is 0 Å². The highest BCUT2D eigenvalue weighted by Gasteiger charge is 2.07. The molecule has 68 valence electrons. The van der Waals surface area contributed by atoms with Crippen molar-refractivity contribution in [1.29, 1.82) is 0 Å². The van der Waals surface area contributed by atoms with Gasteiger partial charge in [0.2, 0.25) is 5.69 Å². The largest absolute Gasteiger partial charge is 0.321 e. The summed E-state index contributed by atoms with van der Waals surface area (Å²) in [4.78, 5) is 0. The smallest absolute Gasteiger partial charge is 0.258 e. The number of pyridine rings is 1. The Morgan fingerprint density at radius 1 is 1.50 bits per heavy atom. The highest BCUT2D eigenvalue weighted by Crippen LogP contribution is 1.93. The molecule has 4 heteroatoms. The van der Waals surface area contributed by atoms with Crippen molar-refractivity contribution in [1.82, 2.24) is 0 Å². The zero-order valence-electron chi connectivity index (χ0n) is 7.29. The van der Waals surface area contributed by atoms with E-state index in [4.69, 9.17) is 10.9 Å². The predicted octanol–water partition coefficient (Wildman–Crippen LogP) is 0.835. The Morgan fingerprint density at radius 3 is 2.50 bits per heavy atom. The average Bonchev–Trinajstić information content (AvgIpc) is 2.08. The van der Waals surface area contributed by atoms with E-state index in [1.807, 2.05) is 13.8 Å². The molecular formula is C8H14FN2O+. The van der Waals surface area contributed by atoms with E-state index in [0.29, 0.717) is 10.4 Å². The van der Waals surface area contributed by atoms with Crippen molar-refractivity contribution in [3.05, 3.63) is 29.8 Å². The number of nitrogens with zero attached hydrogens (tertiary/aromatic N) is 1. The first-order chi connectivity index (χ1) is 5.74. The molecule has 1 aromatic heterocycles. The molecule has 12 heavy (non-hydrogen) atoms. The number of nitrogens with two attached hydrogens (primary N) is 1. The highest BCUT2D eigenvalue weighted by atomic mass is 19.1. The maximum absolute atomic E-state index is 12.3. The first-order valence-electron chi connectivity index (χ1n) is 3.83. The molecule has 0 aliphatic rings. The maximum atomic E-state index is 12.3. The lowest BCUT2D eigenvalue weighted by molar-refractivity contribution is -0.910. The molecule has 0 saturated heterocycles.